The minimum Gasteiger partial charge on any atom is -0.385 e. The molecule has 1 aromatic carbocycles. The molecule has 0 aromatic heterocycles. The summed E-state index contributed by atoms with van der Waals surface area (Å²) in [6.45, 7) is 3.81. The number of nitrogens with one attached hydrogen (secondary N) is 3. The van der Waals surface area contributed by atoms with Gasteiger partial charge in [0.25, 0.3) is 0 Å². The topological polar surface area (TPSA) is 62.4 Å². The fraction of sp³-hybridized carbons (Fsp3) is 0.588. The fourth-order valence-corrected chi connectivity index (χ4v) is 2.89. The highest BCUT2D eigenvalue weighted by Gasteiger charge is 2.39. The highest BCUT2D eigenvalue weighted by Crippen LogP contribution is 2.29. The molecule has 122 valence electrons. The Labute approximate surface area is 132 Å². The van der Waals surface area contributed by atoms with Crippen molar-refractivity contribution in [3.63, 3.8) is 0 Å². The van der Waals surface area contributed by atoms with Crippen molar-refractivity contribution in [3.05, 3.63) is 30.3 Å². The number of hydrogen-bond donors (Lipinski definition) is 3. The minimum absolute atomic E-state index is 0.135. The van der Waals surface area contributed by atoms with E-state index in [1.807, 2.05) is 30.3 Å². The summed E-state index contributed by atoms with van der Waals surface area (Å²) in [5.74, 6) is 0.135. The number of ether oxygens (including phenoxy) is 1. The maximum atomic E-state index is 12.5. The van der Waals surface area contributed by atoms with Crippen LogP contribution in [0.3, 0.4) is 0 Å². The molecule has 1 aromatic rings. The van der Waals surface area contributed by atoms with E-state index < -0.39 is 0 Å². The monoisotopic (exact) mass is 305 g/mol. The zero-order valence-corrected chi connectivity index (χ0v) is 13.4. The van der Waals surface area contributed by atoms with Gasteiger partial charge in [-0.05, 0) is 44.5 Å². The number of hydrogen-bond acceptors (Lipinski definition) is 4. The second-order valence-electron chi connectivity index (χ2n) is 5.87. The lowest BCUT2D eigenvalue weighted by Crippen LogP contribution is -2.50. The predicted molar refractivity (Wildman–Crippen MR) is 89.0 cm³/mol. The first-order valence-electron chi connectivity index (χ1n) is 8.04. The number of methoxy groups -OCH3 is 1. The van der Waals surface area contributed by atoms with Crippen LogP contribution in [0.1, 0.15) is 19.3 Å². The lowest BCUT2D eigenvalue weighted by molar-refractivity contribution is -0.136. The van der Waals surface area contributed by atoms with Crippen LogP contribution >= 0.6 is 0 Å². The molecule has 5 nitrogen and oxygen atoms in total. The summed E-state index contributed by atoms with van der Waals surface area (Å²) in [6, 6.07) is 10.1. The molecule has 2 rings (SSSR count). The van der Waals surface area contributed by atoms with Gasteiger partial charge in [0.05, 0.1) is 12.0 Å². The first-order chi connectivity index (χ1) is 10.8. The molecule has 1 aliphatic rings. The third kappa shape index (κ3) is 4.71. The third-order valence-electron chi connectivity index (χ3n) is 4.20. The smallest absolute Gasteiger partial charge is 0.228 e. The summed E-state index contributed by atoms with van der Waals surface area (Å²) in [7, 11) is 1.67. The molecule has 1 fully saturated rings. The Balaban J connectivity index is 1.69. The highest BCUT2D eigenvalue weighted by atomic mass is 16.5. The van der Waals surface area contributed by atoms with Gasteiger partial charge in [-0.15, -0.1) is 0 Å². The quantitative estimate of drug-likeness (QED) is 0.639. The van der Waals surface area contributed by atoms with Crippen LogP contribution in [0.15, 0.2) is 30.3 Å². The molecule has 0 aliphatic carbocycles. The van der Waals surface area contributed by atoms with Gasteiger partial charge in [0.1, 0.15) is 0 Å². The molecule has 0 bridgehead atoms. The minimum atomic E-state index is -0.354. The van der Waals surface area contributed by atoms with Gasteiger partial charge >= 0.3 is 0 Å². The van der Waals surface area contributed by atoms with E-state index in [0.29, 0.717) is 13.2 Å². The molecular weight excluding hydrogens is 278 g/mol. The van der Waals surface area contributed by atoms with Crippen LogP contribution in [0.5, 0.6) is 0 Å². The Morgan fingerprint density at radius 1 is 1.23 bits per heavy atom. The van der Waals surface area contributed by atoms with Gasteiger partial charge in [-0.1, -0.05) is 18.2 Å². The second kappa shape index (κ2) is 8.76. The second-order valence-corrected chi connectivity index (χ2v) is 5.87. The van der Waals surface area contributed by atoms with Crippen LogP contribution in [-0.2, 0) is 9.53 Å². The number of benzene rings is 1. The zero-order chi connectivity index (χ0) is 15.7. The first kappa shape index (κ1) is 16.8. The maximum absolute atomic E-state index is 12.5. The summed E-state index contributed by atoms with van der Waals surface area (Å²) >= 11 is 0. The van der Waals surface area contributed by atoms with Gasteiger partial charge in [-0.2, -0.15) is 0 Å². The number of anilines is 1. The molecule has 1 aliphatic heterocycles. The van der Waals surface area contributed by atoms with Gasteiger partial charge < -0.3 is 20.7 Å². The normalized spacial score (nSPS) is 17.0. The fourth-order valence-electron chi connectivity index (χ4n) is 2.89. The predicted octanol–water partition coefficient (Wildman–Crippen LogP) is 1.62. The average molecular weight is 305 g/mol. The molecule has 1 heterocycles. The van der Waals surface area contributed by atoms with Gasteiger partial charge in [-0.25, -0.2) is 0 Å². The summed E-state index contributed by atoms with van der Waals surface area (Å²) in [4.78, 5) is 12.5. The van der Waals surface area contributed by atoms with Crippen LogP contribution in [0.2, 0.25) is 0 Å². The number of para-hydroxylation sites is 1. The molecule has 5 heteroatoms. The molecule has 1 saturated heterocycles. The van der Waals surface area contributed by atoms with Crippen LogP contribution in [-0.4, -0.2) is 45.8 Å². The Morgan fingerprint density at radius 3 is 2.64 bits per heavy atom. The first-order valence-corrected chi connectivity index (χ1v) is 8.04. The largest absolute Gasteiger partial charge is 0.385 e. The van der Waals surface area contributed by atoms with Crippen molar-refractivity contribution < 1.29 is 9.53 Å². The number of rotatable bonds is 8. The molecule has 0 saturated carbocycles. The van der Waals surface area contributed by atoms with Gasteiger partial charge in [0.2, 0.25) is 5.91 Å². The van der Waals surface area contributed by atoms with E-state index in [2.05, 4.69) is 16.0 Å². The van der Waals surface area contributed by atoms with Crippen LogP contribution < -0.4 is 16.0 Å². The van der Waals surface area contributed by atoms with Gasteiger partial charge in [0, 0.05) is 25.9 Å². The van der Waals surface area contributed by atoms with E-state index in [1.165, 1.54) is 0 Å². The van der Waals surface area contributed by atoms with Crippen molar-refractivity contribution in [2.24, 2.45) is 5.41 Å². The van der Waals surface area contributed by atoms with Crippen molar-refractivity contribution in [1.82, 2.24) is 10.6 Å². The van der Waals surface area contributed by atoms with Crippen molar-refractivity contribution in [2.45, 2.75) is 19.3 Å². The van der Waals surface area contributed by atoms with E-state index in [1.54, 1.807) is 7.11 Å². The van der Waals surface area contributed by atoms with Crippen molar-refractivity contribution in [3.8, 4) is 0 Å². The molecule has 1 amide bonds. The standard InChI is InChI=1S/C17H27N3O2/c1-22-14-17(8-12-18-13-9-17)16(21)20-11-5-10-19-15-6-3-2-4-7-15/h2-4,6-7,18-19H,5,8-14H2,1H3,(H,20,21). The van der Waals surface area contributed by atoms with Crippen molar-refractivity contribution in [2.75, 3.05) is 45.2 Å². The molecule has 22 heavy (non-hydrogen) atoms. The van der Waals surface area contributed by atoms with Crippen molar-refractivity contribution in [1.29, 1.82) is 0 Å². The number of carbonyl (C=O) groups excluding carboxylic acids is 1. The molecule has 0 spiro atoms. The number of amides is 1. The van der Waals surface area contributed by atoms with Crippen LogP contribution in [0.4, 0.5) is 5.69 Å². The van der Waals surface area contributed by atoms with E-state index in [-0.39, 0.29) is 11.3 Å². The summed E-state index contributed by atoms with van der Waals surface area (Å²) < 4.78 is 5.29. The Morgan fingerprint density at radius 2 is 1.95 bits per heavy atom. The molecule has 3 N–H and O–H groups in total. The Hall–Kier alpha value is -1.59. The van der Waals surface area contributed by atoms with E-state index in [0.717, 1.165) is 44.6 Å². The zero-order valence-electron chi connectivity index (χ0n) is 13.4. The van der Waals surface area contributed by atoms with Crippen LogP contribution in [0.25, 0.3) is 0 Å². The molecular formula is C17H27N3O2. The molecule has 0 radical (unpaired) electrons. The third-order valence-corrected chi connectivity index (χ3v) is 4.20. The number of carbonyl (C=O) groups is 1. The molecule has 0 atom stereocenters. The van der Waals surface area contributed by atoms with Gasteiger partial charge in [-0.3, -0.25) is 4.79 Å². The lowest BCUT2D eigenvalue weighted by Gasteiger charge is -2.35. The van der Waals surface area contributed by atoms with Gasteiger partial charge in [0.15, 0.2) is 0 Å². The Kier molecular flexibility index (Phi) is 6.68. The maximum Gasteiger partial charge on any atom is 0.228 e. The number of piperidine rings is 1. The highest BCUT2D eigenvalue weighted by molar-refractivity contribution is 5.83. The lowest BCUT2D eigenvalue weighted by atomic mass is 9.78. The van der Waals surface area contributed by atoms with Crippen molar-refractivity contribution >= 4 is 11.6 Å². The summed E-state index contributed by atoms with van der Waals surface area (Å²) in [5.41, 5.74) is 0.760. The SMILES string of the molecule is COCC1(C(=O)NCCCNc2ccccc2)CCNCC1. The van der Waals surface area contributed by atoms with E-state index >= 15 is 0 Å². The van der Waals surface area contributed by atoms with Crippen LogP contribution in [0, 0.1) is 5.41 Å². The summed E-state index contributed by atoms with van der Waals surface area (Å²) in [6.07, 6.45) is 2.59. The van der Waals surface area contributed by atoms with E-state index in [9.17, 15) is 4.79 Å². The summed E-state index contributed by atoms with van der Waals surface area (Å²) in [5, 5.41) is 9.73. The molecule has 0 unspecified atom stereocenters. The average Bonchev–Trinajstić information content (AvgIpc) is 2.56. The Bertz CT molecular complexity index is 439. The van der Waals surface area contributed by atoms with E-state index in [4.69, 9.17) is 4.74 Å².